The molecule has 0 radical (unpaired) electrons. The Bertz CT molecular complexity index is 495. The highest BCUT2D eigenvalue weighted by atomic mass is 35.5. The van der Waals surface area contributed by atoms with Crippen molar-refractivity contribution in [2.24, 2.45) is 0 Å². The molecule has 20 heavy (non-hydrogen) atoms. The molecule has 0 spiro atoms. The van der Waals surface area contributed by atoms with Crippen molar-refractivity contribution in [3.05, 3.63) is 28.8 Å². The Kier molecular flexibility index (Phi) is 6.67. The van der Waals surface area contributed by atoms with Gasteiger partial charge in [-0.25, -0.2) is 4.79 Å². The van der Waals surface area contributed by atoms with Crippen LogP contribution in [0.5, 0.6) is 5.75 Å². The lowest BCUT2D eigenvalue weighted by Gasteiger charge is -2.15. The van der Waals surface area contributed by atoms with Gasteiger partial charge in [0.05, 0.1) is 12.7 Å². The van der Waals surface area contributed by atoms with Gasteiger partial charge >= 0.3 is 5.97 Å². The highest BCUT2D eigenvalue weighted by Gasteiger charge is 2.22. The number of benzene rings is 1. The molecule has 0 aliphatic heterocycles. The molecule has 5 nitrogen and oxygen atoms in total. The van der Waals surface area contributed by atoms with Gasteiger partial charge in [0.2, 0.25) is 0 Å². The maximum atomic E-state index is 12.1. The van der Waals surface area contributed by atoms with Gasteiger partial charge in [0.1, 0.15) is 11.8 Å². The molecule has 110 valence electrons. The number of carboxylic acid groups (broad SMARTS) is 1. The van der Waals surface area contributed by atoms with Crippen LogP contribution in [0.2, 0.25) is 5.02 Å². The SMILES string of the molecule is COc1ccc(Cl)cc1C(=O)N[C@@H](CCSC)C(=O)O. The molecule has 0 aliphatic carbocycles. The second-order valence-corrected chi connectivity index (χ2v) is 5.41. The van der Waals surface area contributed by atoms with Gasteiger partial charge in [-0.1, -0.05) is 11.6 Å². The van der Waals surface area contributed by atoms with E-state index >= 15 is 0 Å². The van der Waals surface area contributed by atoms with Crippen molar-refractivity contribution < 1.29 is 19.4 Å². The summed E-state index contributed by atoms with van der Waals surface area (Å²) in [6, 6.07) is 3.68. The first kappa shape index (κ1) is 16.7. The Morgan fingerprint density at radius 1 is 1.50 bits per heavy atom. The summed E-state index contributed by atoms with van der Waals surface area (Å²) >= 11 is 7.37. The lowest BCUT2D eigenvalue weighted by molar-refractivity contribution is -0.139. The number of hydrogen-bond donors (Lipinski definition) is 2. The van der Waals surface area contributed by atoms with Gasteiger partial charge in [-0.15, -0.1) is 0 Å². The quantitative estimate of drug-likeness (QED) is 0.807. The molecule has 0 unspecified atom stereocenters. The summed E-state index contributed by atoms with van der Waals surface area (Å²) in [5.41, 5.74) is 0.218. The smallest absolute Gasteiger partial charge is 0.326 e. The fraction of sp³-hybridized carbons (Fsp3) is 0.385. The molecule has 0 aromatic heterocycles. The second-order valence-electron chi connectivity index (χ2n) is 3.99. The van der Waals surface area contributed by atoms with Gasteiger partial charge < -0.3 is 15.2 Å². The standard InChI is InChI=1S/C13H16ClNO4S/c1-19-11-4-3-8(14)7-9(11)12(16)15-10(13(17)18)5-6-20-2/h3-4,7,10H,5-6H2,1-2H3,(H,15,16)(H,17,18)/t10-/m0/s1. The molecule has 0 bridgehead atoms. The molecular formula is C13H16ClNO4S. The summed E-state index contributed by atoms with van der Waals surface area (Å²) in [6.07, 6.45) is 2.23. The third kappa shape index (κ3) is 4.61. The fourth-order valence-corrected chi connectivity index (χ4v) is 2.23. The molecule has 0 aliphatic rings. The zero-order valence-corrected chi connectivity index (χ0v) is 12.8. The van der Waals surface area contributed by atoms with Crippen LogP contribution in [0.3, 0.4) is 0 Å². The van der Waals surface area contributed by atoms with E-state index in [0.717, 1.165) is 0 Å². The average molecular weight is 318 g/mol. The number of amides is 1. The minimum Gasteiger partial charge on any atom is -0.496 e. The highest BCUT2D eigenvalue weighted by molar-refractivity contribution is 7.98. The van der Waals surface area contributed by atoms with Crippen LogP contribution in [0.15, 0.2) is 18.2 Å². The van der Waals surface area contributed by atoms with Gasteiger partial charge in [0.15, 0.2) is 0 Å². The van der Waals surface area contributed by atoms with E-state index in [0.29, 0.717) is 22.9 Å². The Morgan fingerprint density at radius 2 is 2.20 bits per heavy atom. The number of carbonyl (C=O) groups is 2. The number of nitrogens with one attached hydrogen (secondary N) is 1. The van der Waals surface area contributed by atoms with Gasteiger partial charge in [-0.2, -0.15) is 11.8 Å². The Balaban J connectivity index is 2.88. The molecule has 2 N–H and O–H groups in total. The summed E-state index contributed by atoms with van der Waals surface area (Å²) in [6.45, 7) is 0. The largest absolute Gasteiger partial charge is 0.496 e. The van der Waals surface area contributed by atoms with E-state index in [1.54, 1.807) is 12.1 Å². The molecule has 0 saturated carbocycles. The van der Waals surface area contributed by atoms with E-state index in [9.17, 15) is 9.59 Å². The van der Waals surface area contributed by atoms with Gasteiger partial charge in [0, 0.05) is 5.02 Å². The molecule has 0 saturated heterocycles. The van der Waals surface area contributed by atoms with Crippen LogP contribution >= 0.6 is 23.4 Å². The molecule has 1 rings (SSSR count). The number of halogens is 1. The predicted octanol–water partition coefficient (Wildman–Crippen LogP) is 2.28. The maximum Gasteiger partial charge on any atom is 0.326 e. The minimum atomic E-state index is -1.06. The number of aliphatic carboxylic acids is 1. The summed E-state index contributed by atoms with van der Waals surface area (Å²) in [7, 11) is 1.43. The summed E-state index contributed by atoms with van der Waals surface area (Å²) in [5, 5.41) is 12.0. The number of methoxy groups -OCH3 is 1. The van der Waals surface area contributed by atoms with Crippen molar-refractivity contribution in [2.75, 3.05) is 19.1 Å². The molecule has 0 heterocycles. The van der Waals surface area contributed by atoms with E-state index in [4.69, 9.17) is 21.4 Å². The van der Waals surface area contributed by atoms with Crippen molar-refractivity contribution in [1.29, 1.82) is 0 Å². The third-order valence-corrected chi connectivity index (χ3v) is 3.50. The zero-order valence-electron chi connectivity index (χ0n) is 11.2. The number of rotatable bonds is 7. The molecule has 1 amide bonds. The van der Waals surface area contributed by atoms with Gasteiger partial charge in [0.25, 0.3) is 5.91 Å². The Morgan fingerprint density at radius 3 is 2.75 bits per heavy atom. The van der Waals surface area contributed by atoms with Crippen molar-refractivity contribution in [3.8, 4) is 5.75 Å². The van der Waals surface area contributed by atoms with E-state index < -0.39 is 17.9 Å². The fourth-order valence-electron chi connectivity index (χ4n) is 1.59. The molecule has 1 aromatic carbocycles. The maximum absolute atomic E-state index is 12.1. The lowest BCUT2D eigenvalue weighted by atomic mass is 10.1. The van der Waals surface area contributed by atoms with Crippen molar-refractivity contribution in [1.82, 2.24) is 5.32 Å². The molecule has 7 heteroatoms. The number of thioether (sulfide) groups is 1. The topological polar surface area (TPSA) is 75.6 Å². The van der Waals surface area contributed by atoms with Crippen LogP contribution in [0.1, 0.15) is 16.8 Å². The van der Waals surface area contributed by atoms with Crippen LogP contribution in [0.4, 0.5) is 0 Å². The Labute approximate surface area is 126 Å². The van der Waals surface area contributed by atoms with Gasteiger partial charge in [-0.05, 0) is 36.6 Å². The van der Waals surface area contributed by atoms with Crippen molar-refractivity contribution in [2.45, 2.75) is 12.5 Å². The number of hydrogen-bond acceptors (Lipinski definition) is 4. The summed E-state index contributed by atoms with van der Waals surface area (Å²) in [5.74, 6) is -0.587. The lowest BCUT2D eigenvalue weighted by Crippen LogP contribution is -2.41. The van der Waals surface area contributed by atoms with E-state index in [2.05, 4.69) is 5.32 Å². The molecule has 1 aromatic rings. The first-order chi connectivity index (χ1) is 9.49. The van der Waals surface area contributed by atoms with Crippen LogP contribution in [-0.2, 0) is 4.79 Å². The van der Waals surface area contributed by atoms with E-state index in [-0.39, 0.29) is 5.56 Å². The zero-order chi connectivity index (χ0) is 15.1. The van der Waals surface area contributed by atoms with Crippen LogP contribution in [0.25, 0.3) is 0 Å². The van der Waals surface area contributed by atoms with E-state index in [1.165, 1.54) is 24.9 Å². The third-order valence-electron chi connectivity index (χ3n) is 2.62. The van der Waals surface area contributed by atoms with Crippen molar-refractivity contribution >= 4 is 35.2 Å². The monoisotopic (exact) mass is 317 g/mol. The second kappa shape index (κ2) is 8.01. The average Bonchev–Trinajstić information content (AvgIpc) is 2.42. The Hall–Kier alpha value is -1.40. The summed E-state index contributed by atoms with van der Waals surface area (Å²) < 4.78 is 5.07. The molecule has 0 fully saturated rings. The number of carbonyl (C=O) groups excluding carboxylic acids is 1. The number of ether oxygens (including phenoxy) is 1. The molecular weight excluding hydrogens is 302 g/mol. The molecule has 1 atom stereocenters. The first-order valence-electron chi connectivity index (χ1n) is 5.85. The van der Waals surface area contributed by atoms with Crippen molar-refractivity contribution in [3.63, 3.8) is 0 Å². The minimum absolute atomic E-state index is 0.218. The normalized spacial score (nSPS) is 11.8. The van der Waals surface area contributed by atoms with Crippen LogP contribution < -0.4 is 10.1 Å². The van der Waals surface area contributed by atoms with E-state index in [1.807, 2.05) is 6.26 Å². The van der Waals surface area contributed by atoms with Crippen LogP contribution in [-0.4, -0.2) is 42.1 Å². The van der Waals surface area contributed by atoms with Crippen LogP contribution in [0, 0.1) is 0 Å². The first-order valence-corrected chi connectivity index (χ1v) is 7.63. The predicted molar refractivity (Wildman–Crippen MR) is 79.9 cm³/mol. The summed E-state index contributed by atoms with van der Waals surface area (Å²) in [4.78, 5) is 23.2. The highest BCUT2D eigenvalue weighted by Crippen LogP contribution is 2.22. The number of carboxylic acids is 1. The van der Waals surface area contributed by atoms with Gasteiger partial charge in [-0.3, -0.25) is 4.79 Å².